The van der Waals surface area contributed by atoms with Crippen LogP contribution in [0.4, 0.5) is 5.69 Å². The number of aromatic nitrogens is 2. The van der Waals surface area contributed by atoms with Gasteiger partial charge in [-0.2, -0.15) is 0 Å². The third-order valence-corrected chi connectivity index (χ3v) is 6.69. The monoisotopic (exact) mass is 511 g/mol. The number of hydrogen-bond donors (Lipinski definition) is 1. The Kier molecular flexibility index (Phi) is 6.20. The number of carbonyl (C=O) groups excluding carboxylic acids is 2. The zero-order chi connectivity index (χ0) is 22.8. The van der Waals surface area contributed by atoms with E-state index in [0.29, 0.717) is 37.7 Å². The van der Waals surface area contributed by atoms with E-state index in [1.165, 1.54) is 18.0 Å². The van der Waals surface area contributed by atoms with Crippen molar-refractivity contribution < 1.29 is 14.3 Å². The van der Waals surface area contributed by atoms with Crippen LogP contribution in [0.25, 0.3) is 10.2 Å². The smallest absolute Gasteiger partial charge is 0.266 e. The first kappa shape index (κ1) is 21.9. The number of nitrogens with one attached hydrogen (secondary N) is 1. The molecule has 0 radical (unpaired) electrons. The number of fused-ring (bicyclic) bond motifs is 1. The van der Waals surface area contributed by atoms with E-state index in [9.17, 15) is 14.4 Å². The minimum Gasteiger partial charge on any atom is -0.495 e. The molecule has 0 unspecified atom stereocenters. The molecule has 7 nitrogen and oxygen atoms in total. The van der Waals surface area contributed by atoms with Crippen LogP contribution in [0, 0.1) is 6.92 Å². The van der Waals surface area contributed by atoms with Crippen molar-refractivity contribution in [3.05, 3.63) is 85.7 Å². The van der Waals surface area contributed by atoms with Crippen LogP contribution in [-0.2, 0) is 6.54 Å². The Morgan fingerprint density at radius 2 is 1.88 bits per heavy atom. The Labute approximate surface area is 195 Å². The maximum atomic E-state index is 13.1. The average Bonchev–Trinajstić information content (AvgIpc) is 3.13. The number of amides is 1. The van der Waals surface area contributed by atoms with Crippen molar-refractivity contribution in [2.45, 2.75) is 13.5 Å². The number of thiophene rings is 1. The van der Waals surface area contributed by atoms with Crippen LogP contribution in [0.5, 0.6) is 5.75 Å². The van der Waals surface area contributed by atoms with Gasteiger partial charge in [-0.3, -0.25) is 19.0 Å². The van der Waals surface area contributed by atoms with Crippen molar-refractivity contribution in [2.24, 2.45) is 0 Å². The number of aryl methyl sites for hydroxylation is 1. The minimum atomic E-state index is -0.356. The summed E-state index contributed by atoms with van der Waals surface area (Å²) in [5.74, 6) is -0.0267. The van der Waals surface area contributed by atoms with Crippen LogP contribution in [0.3, 0.4) is 0 Å². The van der Waals surface area contributed by atoms with Crippen LogP contribution in [0.1, 0.15) is 25.6 Å². The number of hydrogen-bond acceptors (Lipinski definition) is 6. The number of benzene rings is 2. The molecular weight excluding hydrogens is 494 g/mol. The van der Waals surface area contributed by atoms with Crippen LogP contribution >= 0.6 is 27.3 Å². The van der Waals surface area contributed by atoms with Crippen molar-refractivity contribution in [1.82, 2.24) is 9.55 Å². The highest BCUT2D eigenvalue weighted by atomic mass is 79.9. The molecule has 0 fully saturated rings. The first-order valence-electron chi connectivity index (χ1n) is 9.60. The van der Waals surface area contributed by atoms with E-state index in [1.807, 2.05) is 0 Å². The number of rotatable bonds is 6. The Hall–Kier alpha value is -3.30. The number of anilines is 1. The predicted molar refractivity (Wildman–Crippen MR) is 128 cm³/mol. The maximum Gasteiger partial charge on any atom is 0.266 e. The lowest BCUT2D eigenvalue weighted by molar-refractivity contribution is 0.0969. The molecule has 9 heteroatoms. The summed E-state index contributed by atoms with van der Waals surface area (Å²) in [6, 6.07) is 14.0. The fraction of sp³-hybridized carbons (Fsp3) is 0.130. The van der Waals surface area contributed by atoms with Gasteiger partial charge in [-0.25, -0.2) is 4.98 Å². The minimum absolute atomic E-state index is 0.137. The van der Waals surface area contributed by atoms with Crippen LogP contribution in [0.2, 0.25) is 0 Å². The summed E-state index contributed by atoms with van der Waals surface area (Å²) < 4.78 is 7.41. The fourth-order valence-corrected chi connectivity index (χ4v) is 4.60. The maximum absolute atomic E-state index is 13.1. The van der Waals surface area contributed by atoms with Crippen LogP contribution in [-0.4, -0.2) is 28.4 Å². The number of methoxy groups -OCH3 is 1. The molecule has 1 amide bonds. The molecule has 2 aromatic heterocycles. The molecule has 0 saturated heterocycles. The van der Waals surface area contributed by atoms with Gasteiger partial charge in [0.1, 0.15) is 10.6 Å². The third kappa shape index (κ3) is 4.21. The highest BCUT2D eigenvalue weighted by Gasteiger charge is 2.21. The zero-order valence-corrected chi connectivity index (χ0v) is 19.6. The molecule has 0 saturated carbocycles. The molecule has 0 spiro atoms. The van der Waals surface area contributed by atoms with Gasteiger partial charge in [-0.05, 0) is 36.8 Å². The zero-order valence-electron chi connectivity index (χ0n) is 17.2. The first-order valence-corrected chi connectivity index (χ1v) is 11.2. The van der Waals surface area contributed by atoms with Gasteiger partial charge >= 0.3 is 0 Å². The number of carbonyl (C=O) groups is 2. The summed E-state index contributed by atoms with van der Waals surface area (Å²) >= 11 is 4.47. The van der Waals surface area contributed by atoms with Crippen molar-refractivity contribution >= 4 is 54.9 Å². The van der Waals surface area contributed by atoms with Gasteiger partial charge in [0.25, 0.3) is 11.5 Å². The predicted octanol–water partition coefficient (Wildman–Crippen LogP) is 4.67. The first-order chi connectivity index (χ1) is 15.4. The third-order valence-electron chi connectivity index (χ3n) is 4.96. The molecule has 0 aliphatic rings. The topological polar surface area (TPSA) is 90.3 Å². The second kappa shape index (κ2) is 9.05. The number of nitrogens with zero attached hydrogens (tertiary/aromatic N) is 2. The fourth-order valence-electron chi connectivity index (χ4n) is 3.30. The van der Waals surface area contributed by atoms with E-state index in [0.717, 1.165) is 15.8 Å². The number of halogens is 1. The lowest BCUT2D eigenvalue weighted by Gasteiger charge is -2.09. The molecular formula is C23H18BrN3O4S. The van der Waals surface area contributed by atoms with Crippen LogP contribution in [0.15, 0.2) is 64.1 Å². The summed E-state index contributed by atoms with van der Waals surface area (Å²) in [6.07, 6.45) is 1.35. The van der Waals surface area contributed by atoms with Gasteiger partial charge in [0, 0.05) is 10.0 Å². The van der Waals surface area contributed by atoms with Gasteiger partial charge in [0.15, 0.2) is 5.78 Å². The normalized spacial score (nSPS) is 10.8. The van der Waals surface area contributed by atoms with E-state index < -0.39 is 0 Å². The lowest BCUT2D eigenvalue weighted by Crippen LogP contribution is -2.24. The Bertz CT molecular complexity index is 1390. The quantitative estimate of drug-likeness (QED) is 0.379. The summed E-state index contributed by atoms with van der Waals surface area (Å²) in [5.41, 5.74) is 1.20. The molecule has 0 atom stereocenters. The number of ketones is 1. The Morgan fingerprint density at radius 1 is 1.16 bits per heavy atom. The van der Waals surface area contributed by atoms with Gasteiger partial charge in [0.05, 0.1) is 35.9 Å². The van der Waals surface area contributed by atoms with Gasteiger partial charge in [0.2, 0.25) is 0 Å². The van der Waals surface area contributed by atoms with Crippen molar-refractivity contribution in [3.63, 3.8) is 0 Å². The van der Waals surface area contributed by atoms with E-state index in [4.69, 9.17) is 4.74 Å². The highest BCUT2D eigenvalue weighted by Crippen LogP contribution is 2.29. The summed E-state index contributed by atoms with van der Waals surface area (Å²) in [4.78, 5) is 43.7. The molecule has 1 N–H and O–H groups in total. The van der Waals surface area contributed by atoms with Crippen molar-refractivity contribution in [3.8, 4) is 5.75 Å². The number of ether oxygens (including phenoxy) is 1. The van der Waals surface area contributed by atoms with E-state index in [1.54, 1.807) is 55.5 Å². The molecule has 2 heterocycles. The van der Waals surface area contributed by atoms with E-state index in [2.05, 4.69) is 26.2 Å². The number of Topliss-reactive ketones (excluding diaryl/α,β-unsaturated/α-hetero) is 1. The Morgan fingerprint density at radius 3 is 2.59 bits per heavy atom. The van der Waals surface area contributed by atoms with Crippen molar-refractivity contribution in [2.75, 3.05) is 12.4 Å². The molecule has 4 rings (SSSR count). The molecule has 0 bridgehead atoms. The number of para-hydroxylation sites is 2. The summed E-state index contributed by atoms with van der Waals surface area (Å²) in [6.45, 7) is 1.57. The van der Waals surface area contributed by atoms with Gasteiger partial charge in [-0.1, -0.05) is 40.2 Å². The molecule has 0 aliphatic heterocycles. The van der Waals surface area contributed by atoms with Gasteiger partial charge < -0.3 is 10.1 Å². The molecule has 162 valence electrons. The lowest BCUT2D eigenvalue weighted by atomic mass is 10.1. The Balaban J connectivity index is 1.65. The molecule has 32 heavy (non-hydrogen) atoms. The standard InChI is InChI=1S/C23H18BrN3O4S/c1-13-19-22(32-20(13)21(29)26-16-5-3-4-6-18(16)31-2)25-12-27(23(19)30)11-17(28)14-7-9-15(24)10-8-14/h3-10,12H,11H2,1-2H3,(H,26,29). The largest absolute Gasteiger partial charge is 0.495 e. The second-order valence-electron chi connectivity index (χ2n) is 7.00. The molecule has 4 aromatic rings. The van der Waals surface area contributed by atoms with Crippen LogP contribution < -0.4 is 15.6 Å². The highest BCUT2D eigenvalue weighted by molar-refractivity contribution is 9.10. The molecule has 2 aromatic carbocycles. The molecule has 0 aliphatic carbocycles. The van der Waals surface area contributed by atoms with Gasteiger partial charge in [-0.15, -0.1) is 11.3 Å². The SMILES string of the molecule is COc1ccccc1NC(=O)c1sc2ncn(CC(=O)c3ccc(Br)cc3)c(=O)c2c1C. The van der Waals surface area contributed by atoms with E-state index >= 15 is 0 Å². The van der Waals surface area contributed by atoms with E-state index in [-0.39, 0.29) is 23.8 Å². The summed E-state index contributed by atoms with van der Waals surface area (Å²) in [5, 5.41) is 3.16. The average molecular weight is 512 g/mol. The van der Waals surface area contributed by atoms with Crippen molar-refractivity contribution in [1.29, 1.82) is 0 Å². The second-order valence-corrected chi connectivity index (χ2v) is 8.91. The summed E-state index contributed by atoms with van der Waals surface area (Å²) in [7, 11) is 1.53.